The van der Waals surface area contributed by atoms with Gasteiger partial charge in [-0.15, -0.1) is 19.0 Å². The van der Waals surface area contributed by atoms with E-state index in [0.717, 1.165) is 57.4 Å². The predicted octanol–water partition coefficient (Wildman–Crippen LogP) is 4.59. The summed E-state index contributed by atoms with van der Waals surface area (Å²) in [6, 6.07) is 5.17. The van der Waals surface area contributed by atoms with Crippen LogP contribution in [0.25, 0.3) is 0 Å². The number of allylic oxidation sites excluding steroid dienone is 1. The second kappa shape index (κ2) is 10.2. The van der Waals surface area contributed by atoms with Crippen molar-refractivity contribution in [1.82, 2.24) is 10.2 Å². The lowest BCUT2D eigenvalue weighted by atomic mass is 9.98. The fraction of sp³-hybridized carbons (Fsp3) is 0.529. The lowest BCUT2D eigenvalue weighted by molar-refractivity contribution is 0.162. The van der Waals surface area contributed by atoms with E-state index in [-0.39, 0.29) is 24.3 Å². The van der Waals surface area contributed by atoms with Crippen molar-refractivity contribution in [3.8, 4) is 0 Å². The van der Waals surface area contributed by atoms with Crippen LogP contribution in [0, 0.1) is 5.82 Å². The van der Waals surface area contributed by atoms with E-state index in [9.17, 15) is 4.39 Å². The highest BCUT2D eigenvalue weighted by Crippen LogP contribution is 2.29. The van der Waals surface area contributed by atoms with Crippen LogP contribution in [0.15, 0.2) is 30.9 Å². The molecule has 2 nitrogen and oxygen atoms in total. The van der Waals surface area contributed by atoms with Gasteiger partial charge in [0, 0.05) is 37.2 Å². The van der Waals surface area contributed by atoms with Crippen LogP contribution in [-0.2, 0) is 0 Å². The molecule has 0 saturated carbocycles. The third-order valence-electron chi connectivity index (χ3n) is 4.00. The molecule has 0 spiro atoms. The van der Waals surface area contributed by atoms with Gasteiger partial charge >= 0.3 is 0 Å². The first-order valence-electron chi connectivity index (χ1n) is 7.72. The molecule has 0 bridgehead atoms. The summed E-state index contributed by atoms with van der Waals surface area (Å²) in [5.74, 6) is -0.247. The summed E-state index contributed by atoms with van der Waals surface area (Å²) in [5, 5.41) is 3.85. The summed E-state index contributed by atoms with van der Waals surface area (Å²) in [6.07, 6.45) is 6.29. The van der Waals surface area contributed by atoms with Gasteiger partial charge in [-0.05, 0) is 43.0 Å². The molecule has 0 unspecified atom stereocenters. The predicted molar refractivity (Wildman–Crippen MR) is 94.5 cm³/mol. The van der Waals surface area contributed by atoms with Gasteiger partial charge in [0.15, 0.2) is 0 Å². The average molecular weight is 347 g/mol. The Morgan fingerprint density at radius 3 is 2.64 bits per heavy atom. The minimum absolute atomic E-state index is 0. The molecule has 0 aliphatic carbocycles. The van der Waals surface area contributed by atoms with E-state index in [4.69, 9.17) is 11.6 Å². The zero-order valence-electron chi connectivity index (χ0n) is 12.9. The largest absolute Gasteiger partial charge is 0.314 e. The molecule has 1 aliphatic heterocycles. The molecule has 0 amide bonds. The maximum absolute atomic E-state index is 13.7. The zero-order chi connectivity index (χ0) is 15.1. The summed E-state index contributed by atoms with van der Waals surface area (Å²) >= 11 is 6.03. The molecule has 1 aromatic rings. The summed E-state index contributed by atoms with van der Waals surface area (Å²) < 4.78 is 13.7. The molecule has 0 radical (unpaired) electrons. The number of unbranched alkanes of at least 4 members (excludes halogenated alkanes) is 2. The molecule has 0 aromatic heterocycles. The Kier molecular flexibility index (Phi) is 9.03. The molecule has 1 N–H and O–H groups in total. The van der Waals surface area contributed by atoms with Crippen molar-refractivity contribution < 1.29 is 4.39 Å². The lowest BCUT2D eigenvalue weighted by Gasteiger charge is -2.35. The Balaban J connectivity index is 0.00000242. The highest BCUT2D eigenvalue weighted by molar-refractivity contribution is 6.30. The van der Waals surface area contributed by atoms with E-state index in [0.29, 0.717) is 5.02 Å². The number of piperazine rings is 1. The van der Waals surface area contributed by atoms with Crippen molar-refractivity contribution in [1.29, 1.82) is 0 Å². The average Bonchev–Trinajstić information content (AvgIpc) is 2.47. The van der Waals surface area contributed by atoms with Crippen molar-refractivity contribution in [2.45, 2.75) is 31.7 Å². The molecule has 1 atom stereocenters. The van der Waals surface area contributed by atoms with Crippen LogP contribution in [0.5, 0.6) is 0 Å². The van der Waals surface area contributed by atoms with Crippen LogP contribution in [0.1, 0.15) is 37.3 Å². The second-order valence-electron chi connectivity index (χ2n) is 5.58. The first kappa shape index (κ1) is 19.4. The number of nitrogens with zero attached hydrogens (tertiary/aromatic N) is 1. The van der Waals surface area contributed by atoms with Crippen molar-refractivity contribution in [3.63, 3.8) is 0 Å². The molecule has 22 heavy (non-hydrogen) atoms. The van der Waals surface area contributed by atoms with Crippen LogP contribution in [-0.4, -0.2) is 31.1 Å². The number of hydrogen-bond acceptors (Lipinski definition) is 2. The van der Waals surface area contributed by atoms with Crippen molar-refractivity contribution in [2.24, 2.45) is 0 Å². The van der Waals surface area contributed by atoms with Crippen molar-refractivity contribution in [2.75, 3.05) is 26.2 Å². The summed E-state index contributed by atoms with van der Waals surface area (Å²) in [6.45, 7) is 7.75. The number of benzene rings is 1. The second-order valence-corrected chi connectivity index (χ2v) is 6.01. The third-order valence-corrected chi connectivity index (χ3v) is 4.22. The quantitative estimate of drug-likeness (QED) is 0.573. The van der Waals surface area contributed by atoms with Gasteiger partial charge in [-0.3, -0.25) is 4.90 Å². The molecule has 1 saturated heterocycles. The first-order chi connectivity index (χ1) is 10.2. The smallest absolute Gasteiger partial charge is 0.125 e. The fourth-order valence-corrected chi connectivity index (χ4v) is 3.18. The number of rotatable bonds is 7. The van der Waals surface area contributed by atoms with Gasteiger partial charge in [-0.1, -0.05) is 24.1 Å². The first-order valence-corrected chi connectivity index (χ1v) is 8.10. The van der Waals surface area contributed by atoms with E-state index in [1.807, 2.05) is 12.1 Å². The van der Waals surface area contributed by atoms with Gasteiger partial charge in [0.1, 0.15) is 5.82 Å². The molecule has 124 valence electrons. The van der Waals surface area contributed by atoms with Gasteiger partial charge in [0.25, 0.3) is 0 Å². The Labute approximate surface area is 144 Å². The highest BCUT2D eigenvalue weighted by Gasteiger charge is 2.22. The van der Waals surface area contributed by atoms with E-state index in [1.54, 1.807) is 6.07 Å². The summed E-state index contributed by atoms with van der Waals surface area (Å²) in [7, 11) is 0. The maximum atomic E-state index is 13.7. The zero-order valence-corrected chi connectivity index (χ0v) is 14.4. The standard InChI is InChI=1S/C17H24ClFN2.ClH/c1-2-3-4-5-6-17(21-9-7-20-8-10-21)14-11-15(18)13-16(19)12-14;/h2,11-13,17,20H,1,3-10H2;1H/t17-;/m1./s1. The Morgan fingerprint density at radius 2 is 2.00 bits per heavy atom. The molecular weight excluding hydrogens is 322 g/mol. The monoisotopic (exact) mass is 346 g/mol. The number of halogens is 3. The molecular formula is C17H25Cl2FN2. The molecule has 2 rings (SSSR count). The maximum Gasteiger partial charge on any atom is 0.125 e. The van der Waals surface area contributed by atoms with Gasteiger partial charge in [-0.25, -0.2) is 4.39 Å². The van der Waals surface area contributed by atoms with Crippen molar-refractivity contribution >= 4 is 24.0 Å². The fourth-order valence-electron chi connectivity index (χ4n) is 2.95. The van der Waals surface area contributed by atoms with Gasteiger partial charge < -0.3 is 5.32 Å². The van der Waals surface area contributed by atoms with E-state index in [1.165, 1.54) is 6.07 Å². The van der Waals surface area contributed by atoms with Crippen molar-refractivity contribution in [3.05, 3.63) is 47.3 Å². The minimum atomic E-state index is -0.247. The summed E-state index contributed by atoms with van der Waals surface area (Å²) in [5.41, 5.74) is 1.00. The van der Waals surface area contributed by atoms with E-state index < -0.39 is 0 Å². The minimum Gasteiger partial charge on any atom is -0.314 e. The SMILES string of the molecule is C=CCCCC[C@H](c1cc(F)cc(Cl)c1)N1CCNCC1.Cl. The van der Waals surface area contributed by atoms with Crippen LogP contribution < -0.4 is 5.32 Å². The van der Waals surface area contributed by atoms with Crippen LogP contribution in [0.2, 0.25) is 5.02 Å². The number of hydrogen-bond donors (Lipinski definition) is 1. The number of nitrogens with one attached hydrogen (secondary N) is 1. The normalized spacial score (nSPS) is 16.8. The molecule has 1 aliphatic rings. The third kappa shape index (κ3) is 5.88. The van der Waals surface area contributed by atoms with E-state index in [2.05, 4.69) is 16.8 Å². The van der Waals surface area contributed by atoms with Gasteiger partial charge in [-0.2, -0.15) is 0 Å². The highest BCUT2D eigenvalue weighted by atomic mass is 35.5. The Morgan fingerprint density at radius 1 is 1.27 bits per heavy atom. The van der Waals surface area contributed by atoms with Crippen LogP contribution in [0.4, 0.5) is 4.39 Å². The van der Waals surface area contributed by atoms with Gasteiger partial charge in [0.2, 0.25) is 0 Å². The summed E-state index contributed by atoms with van der Waals surface area (Å²) in [4.78, 5) is 2.44. The van der Waals surface area contributed by atoms with Gasteiger partial charge in [0.05, 0.1) is 0 Å². The lowest BCUT2D eigenvalue weighted by Crippen LogP contribution is -2.45. The van der Waals surface area contributed by atoms with E-state index >= 15 is 0 Å². The topological polar surface area (TPSA) is 15.3 Å². The van der Waals surface area contributed by atoms with Crippen LogP contribution >= 0.6 is 24.0 Å². The Bertz CT molecular complexity index is 442. The molecule has 1 fully saturated rings. The molecule has 1 aromatic carbocycles. The molecule has 5 heteroatoms. The van der Waals surface area contributed by atoms with Crippen LogP contribution in [0.3, 0.4) is 0 Å². The molecule has 1 heterocycles. The Hall–Kier alpha value is -0.610.